The molecule has 1 atom stereocenters. The fraction of sp³-hybridized carbons (Fsp3) is 0.500. The molecule has 1 aliphatic heterocycles. The van der Waals surface area contributed by atoms with Crippen LogP contribution in [0.5, 0.6) is 0 Å². The van der Waals surface area contributed by atoms with Crippen molar-refractivity contribution in [3.05, 3.63) is 51.7 Å². The Bertz CT molecular complexity index is 835. The standard InChI is InChI=1S/C22H28FN3O2S/c1-15(2)21(28)24-10-9-19-14-29-22(25-19)17-4-3-11-26(13-17)20(27)12-16-5-7-18(23)8-6-16/h5-8,14-15,17H,3-4,9-13H2,1-2H3,(H,24,28)/t17-/m1/s1. The number of likely N-dealkylation sites (tertiary alicyclic amines) is 1. The van der Waals surface area contributed by atoms with Crippen molar-refractivity contribution in [1.82, 2.24) is 15.2 Å². The first-order chi connectivity index (χ1) is 13.9. The van der Waals surface area contributed by atoms with Crippen molar-refractivity contribution in [2.45, 2.75) is 45.4 Å². The molecular formula is C22H28FN3O2S. The summed E-state index contributed by atoms with van der Waals surface area (Å²) in [6.07, 6.45) is 3.00. The molecule has 0 saturated carbocycles. The van der Waals surface area contributed by atoms with Gasteiger partial charge in [0.25, 0.3) is 0 Å². The second-order valence-corrected chi connectivity index (χ2v) is 8.74. The average molecular weight is 418 g/mol. The summed E-state index contributed by atoms with van der Waals surface area (Å²) in [6, 6.07) is 6.12. The Hall–Kier alpha value is -2.28. The fourth-order valence-corrected chi connectivity index (χ4v) is 4.42. The number of aromatic nitrogens is 1. The Morgan fingerprint density at radius 1 is 1.31 bits per heavy atom. The predicted octanol–water partition coefficient (Wildman–Crippen LogP) is 3.55. The molecule has 29 heavy (non-hydrogen) atoms. The first-order valence-electron chi connectivity index (χ1n) is 10.2. The average Bonchev–Trinajstić information content (AvgIpc) is 3.18. The molecule has 1 N–H and O–H groups in total. The molecule has 0 bridgehead atoms. The van der Waals surface area contributed by atoms with Gasteiger partial charge in [0.05, 0.1) is 17.1 Å². The third kappa shape index (κ3) is 6.10. The minimum Gasteiger partial charge on any atom is -0.355 e. The van der Waals surface area contributed by atoms with Gasteiger partial charge in [0.15, 0.2) is 0 Å². The molecule has 2 aromatic rings. The van der Waals surface area contributed by atoms with E-state index in [9.17, 15) is 14.0 Å². The number of thiazole rings is 1. The molecule has 2 heterocycles. The van der Waals surface area contributed by atoms with E-state index in [1.54, 1.807) is 23.5 Å². The van der Waals surface area contributed by atoms with Crippen molar-refractivity contribution >= 4 is 23.2 Å². The highest BCUT2D eigenvalue weighted by Crippen LogP contribution is 2.29. The van der Waals surface area contributed by atoms with Crippen LogP contribution in [0.25, 0.3) is 0 Å². The van der Waals surface area contributed by atoms with Crippen LogP contribution in [-0.4, -0.2) is 41.3 Å². The van der Waals surface area contributed by atoms with E-state index < -0.39 is 0 Å². The van der Waals surface area contributed by atoms with Crippen LogP contribution in [0.2, 0.25) is 0 Å². The lowest BCUT2D eigenvalue weighted by Gasteiger charge is -2.32. The number of halogens is 1. The molecule has 1 aromatic carbocycles. The normalized spacial score (nSPS) is 16.8. The third-order valence-electron chi connectivity index (χ3n) is 5.17. The summed E-state index contributed by atoms with van der Waals surface area (Å²) < 4.78 is 13.1. The van der Waals surface area contributed by atoms with Crippen LogP contribution in [0, 0.1) is 11.7 Å². The first kappa shape index (κ1) is 21.4. The molecule has 2 amide bonds. The van der Waals surface area contributed by atoms with Gasteiger partial charge in [0.2, 0.25) is 11.8 Å². The third-order valence-corrected chi connectivity index (χ3v) is 6.22. The summed E-state index contributed by atoms with van der Waals surface area (Å²) in [5.74, 6) is 0.0895. The molecule has 1 aliphatic rings. The zero-order chi connectivity index (χ0) is 20.8. The monoisotopic (exact) mass is 417 g/mol. The molecule has 1 saturated heterocycles. The number of nitrogens with zero attached hydrogens (tertiary/aromatic N) is 2. The number of hydrogen-bond donors (Lipinski definition) is 1. The van der Waals surface area contributed by atoms with Crippen LogP contribution in [0.3, 0.4) is 0 Å². The molecule has 3 rings (SSSR count). The van der Waals surface area contributed by atoms with Crippen molar-refractivity contribution < 1.29 is 14.0 Å². The van der Waals surface area contributed by atoms with Gasteiger partial charge in [-0.1, -0.05) is 26.0 Å². The molecule has 1 fully saturated rings. The van der Waals surface area contributed by atoms with Crippen LogP contribution >= 0.6 is 11.3 Å². The van der Waals surface area contributed by atoms with Crippen LogP contribution in [-0.2, 0) is 22.4 Å². The van der Waals surface area contributed by atoms with Crippen LogP contribution in [0.4, 0.5) is 4.39 Å². The van der Waals surface area contributed by atoms with Crippen molar-refractivity contribution in [3.8, 4) is 0 Å². The largest absolute Gasteiger partial charge is 0.355 e. The summed E-state index contributed by atoms with van der Waals surface area (Å²) in [5, 5.41) is 6.03. The van der Waals surface area contributed by atoms with Crippen LogP contribution < -0.4 is 5.32 Å². The molecule has 0 aliphatic carbocycles. The molecule has 1 aromatic heterocycles. The van der Waals surface area contributed by atoms with E-state index in [1.807, 2.05) is 18.7 Å². The Morgan fingerprint density at radius 3 is 2.79 bits per heavy atom. The number of amides is 2. The quantitative estimate of drug-likeness (QED) is 0.749. The zero-order valence-electron chi connectivity index (χ0n) is 17.0. The molecule has 0 radical (unpaired) electrons. The Balaban J connectivity index is 1.52. The Kier molecular flexibility index (Phi) is 7.36. The van der Waals surface area contributed by atoms with Crippen LogP contribution in [0.15, 0.2) is 29.6 Å². The maximum absolute atomic E-state index is 13.1. The lowest BCUT2D eigenvalue weighted by molar-refractivity contribution is -0.131. The topological polar surface area (TPSA) is 62.3 Å². The summed E-state index contributed by atoms with van der Waals surface area (Å²) in [7, 11) is 0. The minimum absolute atomic E-state index is 0.0123. The van der Waals surface area contributed by atoms with E-state index in [0.717, 1.165) is 42.1 Å². The van der Waals surface area contributed by atoms with E-state index >= 15 is 0 Å². The summed E-state index contributed by atoms with van der Waals surface area (Å²) in [4.78, 5) is 31.0. The van der Waals surface area contributed by atoms with Gasteiger partial charge in [-0.3, -0.25) is 9.59 Å². The second-order valence-electron chi connectivity index (χ2n) is 7.85. The Morgan fingerprint density at radius 2 is 2.07 bits per heavy atom. The summed E-state index contributed by atoms with van der Waals surface area (Å²) in [6.45, 7) is 5.78. The highest BCUT2D eigenvalue weighted by Gasteiger charge is 2.26. The molecule has 156 valence electrons. The number of nitrogens with one attached hydrogen (secondary N) is 1. The van der Waals surface area contributed by atoms with Crippen molar-refractivity contribution in [2.24, 2.45) is 5.92 Å². The van der Waals surface area contributed by atoms with Crippen molar-refractivity contribution in [2.75, 3.05) is 19.6 Å². The molecular weight excluding hydrogens is 389 g/mol. The number of benzene rings is 1. The Labute approximate surface area is 175 Å². The maximum Gasteiger partial charge on any atom is 0.227 e. The van der Waals surface area contributed by atoms with Crippen molar-refractivity contribution in [3.63, 3.8) is 0 Å². The van der Waals surface area contributed by atoms with Gasteiger partial charge in [-0.25, -0.2) is 9.37 Å². The SMILES string of the molecule is CC(C)C(=O)NCCc1csc([C@@H]2CCCN(C(=O)Cc3ccc(F)cc3)C2)n1. The van der Waals surface area contributed by atoms with E-state index in [2.05, 4.69) is 10.7 Å². The molecule has 0 unspecified atom stereocenters. The first-order valence-corrected chi connectivity index (χ1v) is 11.0. The minimum atomic E-state index is -0.289. The smallest absolute Gasteiger partial charge is 0.227 e. The molecule has 7 heteroatoms. The van der Waals surface area contributed by atoms with Crippen LogP contribution in [0.1, 0.15) is 48.9 Å². The molecule has 5 nitrogen and oxygen atoms in total. The summed E-state index contributed by atoms with van der Waals surface area (Å²) >= 11 is 1.64. The van der Waals surface area contributed by atoms with Gasteiger partial charge in [-0.2, -0.15) is 0 Å². The number of piperidine rings is 1. The van der Waals surface area contributed by atoms with Gasteiger partial charge in [-0.15, -0.1) is 11.3 Å². The van der Waals surface area contributed by atoms with E-state index in [-0.39, 0.29) is 29.5 Å². The zero-order valence-corrected chi connectivity index (χ0v) is 17.8. The van der Waals surface area contributed by atoms with Gasteiger partial charge in [-0.05, 0) is 30.5 Å². The molecule has 0 spiro atoms. The van der Waals surface area contributed by atoms with E-state index in [0.29, 0.717) is 19.5 Å². The van der Waals surface area contributed by atoms with Gasteiger partial charge in [0, 0.05) is 43.3 Å². The number of rotatable bonds is 7. The lowest BCUT2D eigenvalue weighted by atomic mass is 9.98. The number of carbonyl (C=O) groups is 2. The summed E-state index contributed by atoms with van der Waals surface area (Å²) in [5.41, 5.74) is 1.82. The number of hydrogen-bond acceptors (Lipinski definition) is 4. The highest BCUT2D eigenvalue weighted by atomic mass is 32.1. The predicted molar refractivity (Wildman–Crippen MR) is 112 cm³/mol. The van der Waals surface area contributed by atoms with Gasteiger partial charge >= 0.3 is 0 Å². The van der Waals surface area contributed by atoms with E-state index in [1.165, 1.54) is 12.1 Å². The number of carbonyl (C=O) groups excluding carboxylic acids is 2. The van der Waals surface area contributed by atoms with Gasteiger partial charge < -0.3 is 10.2 Å². The van der Waals surface area contributed by atoms with E-state index in [4.69, 9.17) is 4.98 Å². The maximum atomic E-state index is 13.1. The van der Waals surface area contributed by atoms with Gasteiger partial charge in [0.1, 0.15) is 5.82 Å². The highest BCUT2D eigenvalue weighted by molar-refractivity contribution is 7.09. The lowest BCUT2D eigenvalue weighted by Crippen LogP contribution is -2.39. The fourth-order valence-electron chi connectivity index (χ4n) is 3.44. The second kappa shape index (κ2) is 9.96. The van der Waals surface area contributed by atoms with Crippen molar-refractivity contribution in [1.29, 1.82) is 0 Å².